The van der Waals surface area contributed by atoms with Gasteiger partial charge in [0.15, 0.2) is 0 Å². The van der Waals surface area contributed by atoms with E-state index in [1.807, 2.05) is 0 Å². The Morgan fingerprint density at radius 1 is 0.897 bits per heavy atom. The number of carbonyl (C=O) groups excluding carboxylic acids is 3. The number of rotatable bonds is 3. The van der Waals surface area contributed by atoms with Gasteiger partial charge in [0.25, 0.3) is 0 Å². The predicted molar refractivity (Wildman–Crippen MR) is 105 cm³/mol. The van der Waals surface area contributed by atoms with Crippen LogP contribution in [0.4, 0.5) is 16.4 Å². The number of aromatic nitrogens is 2. The van der Waals surface area contributed by atoms with E-state index in [0.29, 0.717) is 22.8 Å². The molecule has 2 rings (SSSR count). The van der Waals surface area contributed by atoms with Crippen LogP contribution in [0.25, 0.3) is 0 Å². The molecule has 2 aromatic heterocycles. The minimum Gasteiger partial charge on any atom is -0.465 e. The number of carbonyl (C=O) groups is 3. The maximum atomic E-state index is 11.4. The van der Waals surface area contributed by atoms with Gasteiger partial charge in [0.2, 0.25) is 0 Å². The molecule has 0 saturated carbocycles. The van der Waals surface area contributed by atoms with Crippen LogP contribution in [0.15, 0.2) is 36.7 Å². The van der Waals surface area contributed by atoms with Crippen LogP contribution in [0, 0.1) is 0 Å². The van der Waals surface area contributed by atoms with Crippen molar-refractivity contribution in [2.45, 2.75) is 26.4 Å². The van der Waals surface area contributed by atoms with Crippen LogP contribution < -0.4 is 11.1 Å². The van der Waals surface area contributed by atoms with Gasteiger partial charge in [-0.3, -0.25) is 5.32 Å². The third-order valence-corrected chi connectivity index (χ3v) is 3.02. The Morgan fingerprint density at radius 2 is 1.41 bits per heavy atom. The number of nitrogens with two attached hydrogens (primary N) is 1. The fourth-order valence-corrected chi connectivity index (χ4v) is 1.76. The van der Waals surface area contributed by atoms with Crippen molar-refractivity contribution in [1.82, 2.24) is 9.97 Å². The van der Waals surface area contributed by atoms with E-state index in [-0.39, 0.29) is 0 Å². The van der Waals surface area contributed by atoms with E-state index in [0.717, 1.165) is 0 Å². The largest absolute Gasteiger partial charge is 0.465 e. The molecule has 0 bridgehead atoms. The molecule has 0 aliphatic carbocycles. The fraction of sp³-hybridized carbons (Fsp3) is 0.316. The first-order valence-corrected chi connectivity index (χ1v) is 8.40. The summed E-state index contributed by atoms with van der Waals surface area (Å²) in [6.07, 6.45) is 2.10. The zero-order chi connectivity index (χ0) is 22.0. The summed E-state index contributed by atoms with van der Waals surface area (Å²) >= 11 is 0. The van der Waals surface area contributed by atoms with Gasteiger partial charge in [0, 0.05) is 12.4 Å². The van der Waals surface area contributed by atoms with Crippen molar-refractivity contribution < 1.29 is 28.6 Å². The highest BCUT2D eigenvalue weighted by Gasteiger charge is 2.16. The lowest BCUT2D eigenvalue weighted by Crippen LogP contribution is -2.27. The number of nitrogens with one attached hydrogen (secondary N) is 1. The first kappa shape index (κ1) is 23.3. The molecular formula is C19H24N4O6. The predicted octanol–water partition coefficient (Wildman–Crippen LogP) is 2.67. The highest BCUT2D eigenvalue weighted by Crippen LogP contribution is 2.10. The minimum atomic E-state index is -0.596. The van der Waals surface area contributed by atoms with Crippen LogP contribution in [0.1, 0.15) is 41.5 Å². The van der Waals surface area contributed by atoms with Crippen molar-refractivity contribution in [1.29, 1.82) is 0 Å². The second-order valence-corrected chi connectivity index (χ2v) is 6.51. The summed E-state index contributed by atoms with van der Waals surface area (Å²) in [5, 5.41) is 2.46. The number of hydrogen-bond acceptors (Lipinski definition) is 9. The number of hydrogen-bond donors (Lipinski definition) is 2. The molecule has 1 amide bonds. The molecule has 0 aliphatic rings. The number of methoxy groups -OCH3 is 2. The van der Waals surface area contributed by atoms with Crippen molar-refractivity contribution in [3.8, 4) is 0 Å². The van der Waals surface area contributed by atoms with Crippen LogP contribution in [-0.2, 0) is 14.2 Å². The lowest BCUT2D eigenvalue weighted by Gasteiger charge is -2.19. The molecule has 0 aromatic carbocycles. The quantitative estimate of drug-likeness (QED) is 0.583. The van der Waals surface area contributed by atoms with Gasteiger partial charge < -0.3 is 19.9 Å². The Morgan fingerprint density at radius 3 is 1.79 bits per heavy atom. The summed E-state index contributed by atoms with van der Waals surface area (Å²) in [7, 11) is 2.61. The highest BCUT2D eigenvalue weighted by molar-refractivity contribution is 5.90. The maximum Gasteiger partial charge on any atom is 0.413 e. The second kappa shape index (κ2) is 10.6. The van der Waals surface area contributed by atoms with Crippen LogP contribution in [0.3, 0.4) is 0 Å². The monoisotopic (exact) mass is 404 g/mol. The van der Waals surface area contributed by atoms with Crippen molar-refractivity contribution in [3.63, 3.8) is 0 Å². The Labute approximate surface area is 168 Å². The van der Waals surface area contributed by atoms with Crippen LogP contribution >= 0.6 is 0 Å². The Balaban J connectivity index is 0.000000326. The second-order valence-electron chi connectivity index (χ2n) is 6.51. The molecule has 0 fully saturated rings. The summed E-state index contributed by atoms with van der Waals surface area (Å²) in [4.78, 5) is 41.1. The topological polar surface area (TPSA) is 143 Å². The number of nitrogen functional groups attached to an aromatic ring is 1. The van der Waals surface area contributed by atoms with Crippen LogP contribution in [0.5, 0.6) is 0 Å². The normalized spacial score (nSPS) is 10.1. The van der Waals surface area contributed by atoms with E-state index in [1.165, 1.54) is 38.7 Å². The summed E-state index contributed by atoms with van der Waals surface area (Å²) in [6.45, 7) is 5.29. The molecule has 10 nitrogen and oxygen atoms in total. The number of pyridine rings is 2. The fourth-order valence-electron chi connectivity index (χ4n) is 1.76. The lowest BCUT2D eigenvalue weighted by atomic mass is 10.2. The molecular weight excluding hydrogens is 380 g/mol. The standard InChI is InChI=1S/C12H16N2O4.C7H8N2O2/c1-12(2,3)18-11(16)14-9-6-5-8(7-13-9)10(15)17-4;1-11-7(10)5-2-3-6(8)9-4-5/h5-7H,1-4H3,(H,13,14,16);2-4H,1H3,(H2,8,9). The molecule has 156 valence electrons. The van der Waals surface area contributed by atoms with Gasteiger partial charge >= 0.3 is 18.0 Å². The van der Waals surface area contributed by atoms with Crippen molar-refractivity contribution in [2.24, 2.45) is 0 Å². The van der Waals surface area contributed by atoms with Crippen molar-refractivity contribution in [2.75, 3.05) is 25.3 Å². The van der Waals surface area contributed by atoms with E-state index in [9.17, 15) is 14.4 Å². The smallest absolute Gasteiger partial charge is 0.413 e. The highest BCUT2D eigenvalue weighted by atomic mass is 16.6. The number of ether oxygens (including phenoxy) is 3. The van der Waals surface area contributed by atoms with Crippen molar-refractivity contribution in [3.05, 3.63) is 47.8 Å². The van der Waals surface area contributed by atoms with Crippen LogP contribution in [-0.4, -0.2) is 47.8 Å². The van der Waals surface area contributed by atoms with Crippen LogP contribution in [0.2, 0.25) is 0 Å². The minimum absolute atomic E-state index is 0.303. The Hall–Kier alpha value is -3.69. The number of amides is 1. The number of nitrogens with zero attached hydrogens (tertiary/aromatic N) is 2. The van der Waals surface area contributed by atoms with Gasteiger partial charge in [-0.05, 0) is 45.0 Å². The Kier molecular flexibility index (Phi) is 8.53. The van der Waals surface area contributed by atoms with Gasteiger partial charge in [-0.1, -0.05) is 0 Å². The van der Waals surface area contributed by atoms with Gasteiger partial charge in [0.05, 0.1) is 25.3 Å². The third kappa shape index (κ3) is 8.69. The third-order valence-electron chi connectivity index (χ3n) is 3.02. The molecule has 0 saturated heterocycles. The van der Waals surface area contributed by atoms with Gasteiger partial charge in [-0.2, -0.15) is 0 Å². The zero-order valence-electron chi connectivity index (χ0n) is 16.9. The van der Waals surface area contributed by atoms with E-state index in [4.69, 9.17) is 10.5 Å². The molecule has 2 heterocycles. The van der Waals surface area contributed by atoms with Gasteiger partial charge in [-0.15, -0.1) is 0 Å². The van der Waals surface area contributed by atoms with Crippen molar-refractivity contribution >= 4 is 29.7 Å². The zero-order valence-corrected chi connectivity index (χ0v) is 16.9. The summed E-state index contributed by atoms with van der Waals surface area (Å²) in [5.74, 6) is -0.196. The number of esters is 2. The van der Waals surface area contributed by atoms with E-state index < -0.39 is 23.6 Å². The molecule has 29 heavy (non-hydrogen) atoms. The lowest BCUT2D eigenvalue weighted by molar-refractivity contribution is 0.0591. The first-order chi connectivity index (χ1) is 13.6. The van der Waals surface area contributed by atoms with E-state index in [2.05, 4.69) is 24.8 Å². The molecule has 0 unspecified atom stereocenters. The molecule has 0 radical (unpaired) electrons. The number of anilines is 2. The Bertz CT molecular complexity index is 829. The van der Waals surface area contributed by atoms with Gasteiger partial charge in [-0.25, -0.2) is 24.4 Å². The average molecular weight is 404 g/mol. The van der Waals surface area contributed by atoms with E-state index >= 15 is 0 Å². The summed E-state index contributed by atoms with van der Waals surface area (Å²) < 4.78 is 14.0. The summed E-state index contributed by atoms with van der Waals surface area (Å²) in [5.41, 5.74) is 5.45. The summed E-state index contributed by atoms with van der Waals surface area (Å²) in [6, 6.07) is 6.11. The maximum absolute atomic E-state index is 11.4. The van der Waals surface area contributed by atoms with E-state index in [1.54, 1.807) is 32.9 Å². The SMILES string of the molecule is COC(=O)c1ccc(N)nc1.COC(=O)c1ccc(NC(=O)OC(C)(C)C)nc1. The molecule has 0 spiro atoms. The molecule has 2 aromatic rings. The first-order valence-electron chi connectivity index (χ1n) is 8.40. The van der Waals surface area contributed by atoms with Gasteiger partial charge in [0.1, 0.15) is 17.2 Å². The molecule has 10 heteroatoms. The average Bonchev–Trinajstić information content (AvgIpc) is 2.67. The molecule has 0 aliphatic heterocycles. The molecule has 3 N–H and O–H groups in total. The molecule has 0 atom stereocenters.